The van der Waals surface area contributed by atoms with Crippen LogP contribution in [-0.4, -0.2) is 13.1 Å². The van der Waals surface area contributed by atoms with Crippen molar-refractivity contribution in [1.82, 2.24) is 0 Å². The van der Waals surface area contributed by atoms with E-state index >= 15 is 0 Å². The molecule has 0 aromatic heterocycles. The summed E-state index contributed by atoms with van der Waals surface area (Å²) in [6, 6.07) is 4.95. The van der Waals surface area contributed by atoms with E-state index in [0.29, 0.717) is 9.13 Å². The van der Waals surface area contributed by atoms with E-state index in [1.807, 2.05) is 22.6 Å². The first kappa shape index (κ1) is 13.3. The average molecular weight is 340 g/mol. The van der Waals surface area contributed by atoms with Gasteiger partial charge < -0.3 is 4.74 Å². The summed E-state index contributed by atoms with van der Waals surface area (Å²) >= 11 is 1.87. The van der Waals surface area contributed by atoms with E-state index in [1.165, 1.54) is 7.11 Å². The Kier molecular flexibility index (Phi) is 5.11. The predicted octanol–water partition coefficient (Wildman–Crippen LogP) is 3.33. The molecule has 0 saturated heterocycles. The standard InChI is InChI=1S/C11H11F2IO2/c1-16-9(15)6-5-7-3-2-4-8(14)10(7)11(12)13/h2-4,11H,5-6H2,1H3. The Hall–Kier alpha value is -0.720. The van der Waals surface area contributed by atoms with Gasteiger partial charge in [-0.1, -0.05) is 12.1 Å². The third-order valence-corrected chi connectivity index (χ3v) is 3.13. The van der Waals surface area contributed by atoms with Gasteiger partial charge in [0, 0.05) is 15.6 Å². The van der Waals surface area contributed by atoms with Crippen LogP contribution < -0.4 is 0 Å². The maximum atomic E-state index is 12.8. The van der Waals surface area contributed by atoms with E-state index in [1.54, 1.807) is 18.2 Å². The van der Waals surface area contributed by atoms with Gasteiger partial charge >= 0.3 is 5.97 Å². The Labute approximate surface area is 106 Å². The number of rotatable bonds is 4. The molecule has 0 unspecified atom stereocenters. The molecule has 1 aromatic rings. The van der Waals surface area contributed by atoms with E-state index in [0.717, 1.165) is 0 Å². The van der Waals surface area contributed by atoms with E-state index in [-0.39, 0.29) is 24.4 Å². The van der Waals surface area contributed by atoms with Crippen molar-refractivity contribution < 1.29 is 18.3 Å². The Balaban J connectivity index is 2.87. The zero-order valence-electron chi connectivity index (χ0n) is 8.67. The lowest BCUT2D eigenvalue weighted by molar-refractivity contribution is -0.140. The predicted molar refractivity (Wildman–Crippen MR) is 64.5 cm³/mol. The second-order valence-electron chi connectivity index (χ2n) is 3.19. The van der Waals surface area contributed by atoms with Crippen LogP contribution in [0.15, 0.2) is 18.2 Å². The molecule has 0 radical (unpaired) electrons. The number of hydrogen-bond donors (Lipinski definition) is 0. The molecule has 0 fully saturated rings. The molecule has 0 saturated carbocycles. The van der Waals surface area contributed by atoms with Crippen molar-refractivity contribution in [2.75, 3.05) is 7.11 Å². The highest BCUT2D eigenvalue weighted by atomic mass is 127. The summed E-state index contributed by atoms with van der Waals surface area (Å²) in [6.07, 6.45) is -2.11. The van der Waals surface area contributed by atoms with Gasteiger partial charge in [-0.15, -0.1) is 0 Å². The lowest BCUT2D eigenvalue weighted by atomic mass is 10.0. The van der Waals surface area contributed by atoms with Crippen LogP contribution in [0.25, 0.3) is 0 Å². The Morgan fingerprint density at radius 1 is 1.50 bits per heavy atom. The molecule has 0 N–H and O–H groups in total. The van der Waals surface area contributed by atoms with Crippen LogP contribution in [0.2, 0.25) is 0 Å². The molecule has 5 heteroatoms. The molecule has 0 aliphatic heterocycles. The first-order valence-corrected chi connectivity index (χ1v) is 5.76. The molecule has 0 bridgehead atoms. The van der Waals surface area contributed by atoms with Crippen molar-refractivity contribution in [3.63, 3.8) is 0 Å². The Morgan fingerprint density at radius 3 is 2.75 bits per heavy atom. The van der Waals surface area contributed by atoms with Crippen LogP contribution >= 0.6 is 22.6 Å². The van der Waals surface area contributed by atoms with Gasteiger partial charge in [-0.3, -0.25) is 4.79 Å². The van der Waals surface area contributed by atoms with E-state index in [4.69, 9.17) is 0 Å². The number of esters is 1. The maximum Gasteiger partial charge on any atom is 0.305 e. The number of carbonyl (C=O) groups excluding carboxylic acids is 1. The molecule has 88 valence electrons. The van der Waals surface area contributed by atoms with Crippen LogP contribution in [0.3, 0.4) is 0 Å². The normalized spacial score (nSPS) is 10.6. The summed E-state index contributed by atoms with van der Waals surface area (Å²) in [5.41, 5.74) is 0.527. The van der Waals surface area contributed by atoms with Crippen molar-refractivity contribution >= 4 is 28.6 Å². The highest BCUT2D eigenvalue weighted by Crippen LogP contribution is 2.28. The lowest BCUT2D eigenvalue weighted by Gasteiger charge is -2.10. The van der Waals surface area contributed by atoms with Crippen molar-refractivity contribution in [2.24, 2.45) is 0 Å². The van der Waals surface area contributed by atoms with Crippen LogP contribution in [0.1, 0.15) is 24.0 Å². The quantitative estimate of drug-likeness (QED) is 0.621. The fraction of sp³-hybridized carbons (Fsp3) is 0.364. The smallest absolute Gasteiger partial charge is 0.305 e. The minimum absolute atomic E-state index is 0.0204. The van der Waals surface area contributed by atoms with Crippen LogP contribution in [0.4, 0.5) is 8.78 Å². The second-order valence-corrected chi connectivity index (χ2v) is 4.35. The van der Waals surface area contributed by atoms with Gasteiger partial charge in [-0.2, -0.15) is 0 Å². The van der Waals surface area contributed by atoms with Crippen LogP contribution in [0, 0.1) is 3.57 Å². The second kappa shape index (κ2) is 6.12. The van der Waals surface area contributed by atoms with Crippen LogP contribution in [-0.2, 0) is 16.0 Å². The first-order valence-electron chi connectivity index (χ1n) is 4.68. The van der Waals surface area contributed by atoms with Gasteiger partial charge in [-0.25, -0.2) is 8.78 Å². The molecular weight excluding hydrogens is 329 g/mol. The van der Waals surface area contributed by atoms with Crippen molar-refractivity contribution in [1.29, 1.82) is 0 Å². The molecule has 0 aliphatic rings. The number of ether oxygens (including phenoxy) is 1. The van der Waals surface area contributed by atoms with Crippen LogP contribution in [0.5, 0.6) is 0 Å². The Morgan fingerprint density at radius 2 is 2.19 bits per heavy atom. The van der Waals surface area contributed by atoms with E-state index in [2.05, 4.69) is 4.74 Å². The summed E-state index contributed by atoms with van der Waals surface area (Å²) in [5.74, 6) is -0.390. The molecule has 0 aliphatic carbocycles. The summed E-state index contributed by atoms with van der Waals surface area (Å²) in [5, 5.41) is 0. The number of methoxy groups -OCH3 is 1. The molecule has 16 heavy (non-hydrogen) atoms. The number of halogens is 3. The molecule has 0 amide bonds. The van der Waals surface area contributed by atoms with E-state index in [9.17, 15) is 13.6 Å². The van der Waals surface area contributed by atoms with Gasteiger partial charge in [0.1, 0.15) is 0 Å². The monoisotopic (exact) mass is 340 g/mol. The largest absolute Gasteiger partial charge is 0.469 e. The van der Waals surface area contributed by atoms with E-state index < -0.39 is 6.43 Å². The average Bonchev–Trinajstić information content (AvgIpc) is 2.25. The van der Waals surface area contributed by atoms with Crippen molar-refractivity contribution in [2.45, 2.75) is 19.3 Å². The van der Waals surface area contributed by atoms with Crippen molar-refractivity contribution in [3.05, 3.63) is 32.9 Å². The molecule has 2 nitrogen and oxygen atoms in total. The zero-order chi connectivity index (χ0) is 12.1. The number of carbonyl (C=O) groups is 1. The van der Waals surface area contributed by atoms with Gasteiger partial charge in [0.15, 0.2) is 0 Å². The fourth-order valence-electron chi connectivity index (χ4n) is 1.38. The number of hydrogen-bond acceptors (Lipinski definition) is 2. The lowest BCUT2D eigenvalue weighted by Crippen LogP contribution is -2.05. The maximum absolute atomic E-state index is 12.8. The summed E-state index contributed by atoms with van der Waals surface area (Å²) in [6.45, 7) is 0. The summed E-state index contributed by atoms with van der Waals surface area (Å²) in [7, 11) is 1.28. The Bertz CT molecular complexity index is 380. The van der Waals surface area contributed by atoms with Gasteiger partial charge in [-0.05, 0) is 40.6 Å². The highest BCUT2D eigenvalue weighted by Gasteiger charge is 2.16. The molecule has 1 rings (SSSR count). The van der Waals surface area contributed by atoms with Crippen molar-refractivity contribution in [3.8, 4) is 0 Å². The molecule has 0 heterocycles. The SMILES string of the molecule is COC(=O)CCc1cccc(I)c1C(F)F. The highest BCUT2D eigenvalue weighted by molar-refractivity contribution is 14.1. The third kappa shape index (κ3) is 3.40. The fourth-order valence-corrected chi connectivity index (χ4v) is 2.17. The molecule has 0 atom stereocenters. The summed E-state index contributed by atoms with van der Waals surface area (Å²) < 4.78 is 30.5. The number of alkyl halides is 2. The minimum Gasteiger partial charge on any atom is -0.469 e. The molecule has 1 aromatic carbocycles. The topological polar surface area (TPSA) is 26.3 Å². The summed E-state index contributed by atoms with van der Waals surface area (Å²) in [4.78, 5) is 10.9. The number of benzene rings is 1. The van der Waals surface area contributed by atoms with Gasteiger partial charge in [0.25, 0.3) is 6.43 Å². The van der Waals surface area contributed by atoms with Gasteiger partial charge in [0.2, 0.25) is 0 Å². The minimum atomic E-state index is -2.51. The third-order valence-electron chi connectivity index (χ3n) is 2.19. The molecule has 0 spiro atoms. The zero-order valence-corrected chi connectivity index (χ0v) is 10.8. The van der Waals surface area contributed by atoms with Gasteiger partial charge in [0.05, 0.1) is 7.11 Å². The first-order chi connectivity index (χ1) is 7.56. The number of aryl methyl sites for hydroxylation is 1. The molecular formula is C11H11F2IO2.